The number of alkyl halides is 2. The van der Waals surface area contributed by atoms with Crippen molar-refractivity contribution in [1.82, 2.24) is 20.0 Å². The van der Waals surface area contributed by atoms with E-state index in [4.69, 9.17) is 17.3 Å². The molecule has 2 aromatic heterocycles. The van der Waals surface area contributed by atoms with Crippen LogP contribution < -0.4 is 5.73 Å². The molecule has 5 nitrogen and oxygen atoms in total. The zero-order valence-electron chi connectivity index (χ0n) is 9.74. The van der Waals surface area contributed by atoms with Crippen molar-refractivity contribution >= 4 is 28.5 Å². The van der Waals surface area contributed by atoms with Gasteiger partial charge in [-0.1, -0.05) is 11.6 Å². The fourth-order valence-electron chi connectivity index (χ4n) is 1.91. The number of nitrogens with one attached hydrogen (secondary N) is 1. The van der Waals surface area contributed by atoms with Crippen molar-refractivity contribution in [3.05, 3.63) is 34.7 Å². The fraction of sp³-hybridized carbons (Fsp3) is 0.0909. The number of rotatable bonds is 2. The lowest BCUT2D eigenvalue weighted by molar-refractivity contribution is 0.147. The molecule has 0 aliphatic rings. The van der Waals surface area contributed by atoms with Crippen LogP contribution in [0.1, 0.15) is 12.1 Å². The number of aromatic nitrogens is 4. The molecule has 3 aromatic rings. The van der Waals surface area contributed by atoms with Crippen LogP contribution >= 0.6 is 11.6 Å². The monoisotopic (exact) mass is 301 g/mol. The highest BCUT2D eigenvalue weighted by Gasteiger charge is 2.23. The molecule has 9 heteroatoms. The van der Waals surface area contributed by atoms with E-state index in [1.807, 2.05) is 0 Å². The molecule has 3 rings (SSSR count). The Morgan fingerprint density at radius 1 is 1.35 bits per heavy atom. The Balaban J connectivity index is 2.28. The maximum Gasteiger partial charge on any atom is 0.282 e. The zero-order chi connectivity index (χ0) is 14.4. The molecule has 0 aliphatic heterocycles. The van der Waals surface area contributed by atoms with Crippen LogP contribution in [-0.4, -0.2) is 20.0 Å². The Bertz CT molecular complexity index is 795. The van der Waals surface area contributed by atoms with Crippen LogP contribution in [0.3, 0.4) is 0 Å². The molecular formula is C11H7ClF3N5. The molecule has 0 spiro atoms. The molecule has 20 heavy (non-hydrogen) atoms. The van der Waals surface area contributed by atoms with Gasteiger partial charge in [0, 0.05) is 6.07 Å². The first-order valence-corrected chi connectivity index (χ1v) is 5.83. The highest BCUT2D eigenvalue weighted by molar-refractivity contribution is 6.30. The van der Waals surface area contributed by atoms with Gasteiger partial charge in [-0.05, 0) is 12.1 Å². The number of nitrogens with two attached hydrogens (primary N) is 1. The topological polar surface area (TPSA) is 72.5 Å². The standard InChI is InChI=1S/C11H7ClF3N5/c12-5-2-1-4(3-6(5)13)20-11-7(10(16)17-18-11)8(19-20)9(14)15/h1-3,9H,(H3,16,17,18). The van der Waals surface area contributed by atoms with E-state index < -0.39 is 17.9 Å². The van der Waals surface area contributed by atoms with Crippen molar-refractivity contribution in [2.24, 2.45) is 0 Å². The Hall–Kier alpha value is -2.22. The summed E-state index contributed by atoms with van der Waals surface area (Å²) in [5.74, 6) is -0.703. The van der Waals surface area contributed by atoms with Crippen LogP contribution in [0, 0.1) is 5.82 Å². The minimum atomic E-state index is -2.82. The number of fused-ring (bicyclic) bond motifs is 1. The second kappa shape index (κ2) is 4.41. The molecule has 0 atom stereocenters. The summed E-state index contributed by atoms with van der Waals surface area (Å²) in [5, 5.41) is 9.91. The maximum atomic E-state index is 13.5. The van der Waals surface area contributed by atoms with E-state index in [1.54, 1.807) is 0 Å². The van der Waals surface area contributed by atoms with E-state index in [2.05, 4.69) is 15.3 Å². The first-order valence-electron chi connectivity index (χ1n) is 5.45. The predicted octanol–water partition coefficient (Wildman–Crippen LogP) is 3.06. The molecule has 0 saturated heterocycles. The Labute approximate surface area is 115 Å². The lowest BCUT2D eigenvalue weighted by Gasteiger charge is -2.02. The van der Waals surface area contributed by atoms with E-state index in [9.17, 15) is 13.2 Å². The predicted molar refractivity (Wildman–Crippen MR) is 67.6 cm³/mol. The van der Waals surface area contributed by atoms with Crippen molar-refractivity contribution in [3.8, 4) is 5.69 Å². The van der Waals surface area contributed by atoms with Gasteiger partial charge < -0.3 is 5.73 Å². The molecule has 104 valence electrons. The Kier molecular flexibility index (Phi) is 2.82. The van der Waals surface area contributed by atoms with Gasteiger partial charge in [0.25, 0.3) is 6.43 Å². The average molecular weight is 302 g/mol. The smallest absolute Gasteiger partial charge is 0.282 e. The van der Waals surface area contributed by atoms with Crippen molar-refractivity contribution in [1.29, 1.82) is 0 Å². The third-order valence-electron chi connectivity index (χ3n) is 2.79. The summed E-state index contributed by atoms with van der Waals surface area (Å²) in [6.45, 7) is 0. The minimum absolute atomic E-state index is 0.0176. The van der Waals surface area contributed by atoms with E-state index in [-0.39, 0.29) is 27.6 Å². The number of anilines is 1. The molecule has 0 amide bonds. The summed E-state index contributed by atoms with van der Waals surface area (Å²) in [6.07, 6.45) is -2.82. The van der Waals surface area contributed by atoms with Gasteiger partial charge in [-0.2, -0.15) is 10.2 Å². The van der Waals surface area contributed by atoms with Gasteiger partial charge in [0.1, 0.15) is 17.3 Å². The van der Waals surface area contributed by atoms with Gasteiger partial charge >= 0.3 is 0 Å². The highest BCUT2D eigenvalue weighted by Crippen LogP contribution is 2.31. The average Bonchev–Trinajstić information content (AvgIpc) is 2.94. The van der Waals surface area contributed by atoms with Crippen molar-refractivity contribution < 1.29 is 13.2 Å². The van der Waals surface area contributed by atoms with Crippen LogP contribution in [0.2, 0.25) is 5.02 Å². The summed E-state index contributed by atoms with van der Waals surface area (Å²) >= 11 is 5.58. The molecule has 0 bridgehead atoms. The SMILES string of the molecule is Nc1[nH]nc2c1c(C(F)F)nn2-c1ccc(Cl)c(F)c1. The number of H-pyrrole nitrogens is 1. The van der Waals surface area contributed by atoms with Gasteiger partial charge in [-0.25, -0.2) is 17.9 Å². The van der Waals surface area contributed by atoms with Gasteiger partial charge in [0.15, 0.2) is 5.65 Å². The molecule has 1 aromatic carbocycles. The van der Waals surface area contributed by atoms with Gasteiger partial charge in [0.05, 0.1) is 16.1 Å². The van der Waals surface area contributed by atoms with Crippen LogP contribution in [0.15, 0.2) is 18.2 Å². The quantitative estimate of drug-likeness (QED) is 0.764. The summed E-state index contributed by atoms with van der Waals surface area (Å²) < 4.78 is 40.5. The number of hydrogen-bond acceptors (Lipinski definition) is 3. The molecule has 0 saturated carbocycles. The third-order valence-corrected chi connectivity index (χ3v) is 3.10. The first-order chi connectivity index (χ1) is 9.49. The number of nitrogen functional groups attached to an aromatic ring is 1. The van der Waals surface area contributed by atoms with Crippen LogP contribution in [0.25, 0.3) is 16.7 Å². The Morgan fingerprint density at radius 2 is 2.10 bits per heavy atom. The summed E-state index contributed by atoms with van der Waals surface area (Å²) in [5.41, 5.74) is 5.36. The van der Waals surface area contributed by atoms with Gasteiger partial charge in [-0.3, -0.25) is 5.10 Å². The minimum Gasteiger partial charge on any atom is -0.383 e. The number of benzene rings is 1. The van der Waals surface area contributed by atoms with Gasteiger partial charge in [0.2, 0.25) is 0 Å². The lowest BCUT2D eigenvalue weighted by atomic mass is 10.3. The number of aromatic amines is 1. The molecule has 3 N–H and O–H groups in total. The zero-order valence-corrected chi connectivity index (χ0v) is 10.5. The third kappa shape index (κ3) is 1.80. The van der Waals surface area contributed by atoms with Crippen molar-refractivity contribution in [2.75, 3.05) is 5.73 Å². The maximum absolute atomic E-state index is 13.5. The normalized spacial score (nSPS) is 11.7. The number of halogens is 4. The van der Waals surface area contributed by atoms with Crippen molar-refractivity contribution in [3.63, 3.8) is 0 Å². The molecule has 0 fully saturated rings. The number of hydrogen-bond donors (Lipinski definition) is 2. The van der Waals surface area contributed by atoms with Gasteiger partial charge in [-0.15, -0.1) is 0 Å². The molecular weight excluding hydrogens is 295 g/mol. The molecule has 2 heterocycles. The van der Waals surface area contributed by atoms with Crippen LogP contribution in [-0.2, 0) is 0 Å². The summed E-state index contributed by atoms with van der Waals surface area (Å²) in [7, 11) is 0. The van der Waals surface area contributed by atoms with E-state index in [0.29, 0.717) is 0 Å². The second-order valence-electron chi connectivity index (χ2n) is 4.03. The van der Waals surface area contributed by atoms with Crippen molar-refractivity contribution in [2.45, 2.75) is 6.43 Å². The van der Waals surface area contributed by atoms with E-state index in [1.165, 1.54) is 12.1 Å². The second-order valence-corrected chi connectivity index (χ2v) is 4.44. The van der Waals surface area contributed by atoms with E-state index in [0.717, 1.165) is 10.7 Å². The lowest BCUT2D eigenvalue weighted by Crippen LogP contribution is -2.00. The van der Waals surface area contributed by atoms with Crippen LogP contribution in [0.5, 0.6) is 0 Å². The molecule has 0 unspecified atom stereocenters. The largest absolute Gasteiger partial charge is 0.383 e. The summed E-state index contributed by atoms with van der Waals surface area (Å²) in [4.78, 5) is 0. The fourth-order valence-corrected chi connectivity index (χ4v) is 2.02. The van der Waals surface area contributed by atoms with E-state index >= 15 is 0 Å². The highest BCUT2D eigenvalue weighted by atomic mass is 35.5. The Morgan fingerprint density at radius 3 is 2.75 bits per heavy atom. The molecule has 0 aliphatic carbocycles. The number of nitrogens with zero attached hydrogens (tertiary/aromatic N) is 3. The molecule has 0 radical (unpaired) electrons. The summed E-state index contributed by atoms with van der Waals surface area (Å²) in [6, 6.07) is 3.82. The first kappa shape index (κ1) is 12.8. The van der Waals surface area contributed by atoms with Crippen LogP contribution in [0.4, 0.5) is 19.0 Å².